The minimum atomic E-state index is -0.257. The lowest BCUT2D eigenvalue weighted by atomic mass is 9.87. The van der Waals surface area contributed by atoms with Crippen molar-refractivity contribution in [1.29, 1.82) is 0 Å². The number of nitrogens with zero attached hydrogens (tertiary/aromatic N) is 4. The molecule has 0 spiro atoms. The number of carbonyl (C=O) groups is 1. The number of methoxy groups -OCH3 is 2. The van der Waals surface area contributed by atoms with Gasteiger partial charge in [-0.05, 0) is 47.4 Å². The van der Waals surface area contributed by atoms with Gasteiger partial charge in [-0.3, -0.25) is 4.79 Å². The molecule has 0 radical (unpaired) electrons. The van der Waals surface area contributed by atoms with E-state index in [0.29, 0.717) is 36.0 Å². The third-order valence-corrected chi connectivity index (χ3v) is 5.58. The number of hydrogen-bond acceptors (Lipinski definition) is 6. The standard InChI is InChI=1S/C24H26N4O3/c1-27(2)22-11-10-19(25-26-22)24(29)28-13-12-17-14-20(30-3)21(31-4)15-18(17)23(28)16-8-6-5-7-9-16/h5-11,14-15,23H,12-13H2,1-4H3. The highest BCUT2D eigenvalue weighted by Gasteiger charge is 2.34. The molecular weight excluding hydrogens is 392 g/mol. The molecule has 0 saturated carbocycles. The quantitative estimate of drug-likeness (QED) is 0.633. The fourth-order valence-electron chi connectivity index (χ4n) is 3.98. The Morgan fingerprint density at radius 2 is 1.71 bits per heavy atom. The maximum atomic E-state index is 13.5. The van der Waals surface area contributed by atoms with Crippen LogP contribution in [0.1, 0.15) is 33.2 Å². The van der Waals surface area contributed by atoms with Gasteiger partial charge in [-0.2, -0.15) is 0 Å². The van der Waals surface area contributed by atoms with Gasteiger partial charge in [0.1, 0.15) is 0 Å². The molecule has 31 heavy (non-hydrogen) atoms. The lowest BCUT2D eigenvalue weighted by Crippen LogP contribution is -2.41. The maximum Gasteiger partial charge on any atom is 0.275 e. The van der Waals surface area contributed by atoms with Crippen molar-refractivity contribution in [3.8, 4) is 11.5 Å². The Morgan fingerprint density at radius 1 is 1.00 bits per heavy atom. The Kier molecular flexibility index (Phi) is 5.75. The molecule has 1 aromatic heterocycles. The fraction of sp³-hybridized carbons (Fsp3) is 0.292. The zero-order chi connectivity index (χ0) is 22.0. The summed E-state index contributed by atoms with van der Waals surface area (Å²) in [6, 6.07) is 17.3. The highest BCUT2D eigenvalue weighted by atomic mass is 16.5. The van der Waals surface area contributed by atoms with Crippen LogP contribution < -0.4 is 14.4 Å². The van der Waals surface area contributed by atoms with E-state index in [-0.39, 0.29) is 11.9 Å². The molecule has 0 fully saturated rings. The molecule has 160 valence electrons. The van der Waals surface area contributed by atoms with Crippen LogP contribution in [0.15, 0.2) is 54.6 Å². The van der Waals surface area contributed by atoms with E-state index in [9.17, 15) is 4.79 Å². The molecule has 1 amide bonds. The third-order valence-electron chi connectivity index (χ3n) is 5.58. The van der Waals surface area contributed by atoms with Crippen molar-refractivity contribution < 1.29 is 14.3 Å². The summed E-state index contributed by atoms with van der Waals surface area (Å²) < 4.78 is 11.0. The van der Waals surface area contributed by atoms with E-state index < -0.39 is 0 Å². The fourth-order valence-corrected chi connectivity index (χ4v) is 3.98. The number of benzene rings is 2. The van der Waals surface area contributed by atoms with Gasteiger partial charge in [-0.25, -0.2) is 0 Å². The zero-order valence-electron chi connectivity index (χ0n) is 18.2. The topological polar surface area (TPSA) is 67.8 Å². The van der Waals surface area contributed by atoms with Gasteiger partial charge in [0, 0.05) is 20.6 Å². The number of ether oxygens (including phenoxy) is 2. The molecule has 1 atom stereocenters. The second kappa shape index (κ2) is 8.63. The van der Waals surface area contributed by atoms with Gasteiger partial charge < -0.3 is 19.3 Å². The van der Waals surface area contributed by atoms with Crippen molar-refractivity contribution in [3.63, 3.8) is 0 Å². The van der Waals surface area contributed by atoms with Crippen molar-refractivity contribution >= 4 is 11.7 Å². The summed E-state index contributed by atoms with van der Waals surface area (Å²) in [4.78, 5) is 17.2. The number of anilines is 1. The van der Waals surface area contributed by atoms with Crippen LogP contribution >= 0.6 is 0 Å². The lowest BCUT2D eigenvalue weighted by molar-refractivity contribution is 0.0687. The molecule has 0 saturated heterocycles. The van der Waals surface area contributed by atoms with Gasteiger partial charge in [0.25, 0.3) is 5.91 Å². The summed E-state index contributed by atoms with van der Waals surface area (Å²) in [6.07, 6.45) is 0.716. The van der Waals surface area contributed by atoms with E-state index in [1.54, 1.807) is 20.3 Å². The molecule has 4 rings (SSSR count). The van der Waals surface area contributed by atoms with Gasteiger partial charge >= 0.3 is 0 Å². The molecule has 3 aromatic rings. The second-order valence-corrected chi connectivity index (χ2v) is 7.64. The van der Waals surface area contributed by atoms with E-state index in [2.05, 4.69) is 10.2 Å². The Labute approximate surface area is 182 Å². The Morgan fingerprint density at radius 3 is 2.32 bits per heavy atom. The minimum absolute atomic E-state index is 0.146. The van der Waals surface area contributed by atoms with Crippen molar-refractivity contribution in [2.45, 2.75) is 12.5 Å². The molecule has 1 aliphatic heterocycles. The second-order valence-electron chi connectivity index (χ2n) is 7.64. The SMILES string of the molecule is COc1cc2c(cc1OC)C(c1ccccc1)N(C(=O)c1ccc(N(C)C)nn1)CC2. The summed E-state index contributed by atoms with van der Waals surface area (Å²) in [5.74, 6) is 1.90. The first-order valence-corrected chi connectivity index (χ1v) is 10.1. The number of carbonyl (C=O) groups excluding carboxylic acids is 1. The van der Waals surface area contributed by atoms with Gasteiger partial charge in [0.15, 0.2) is 23.0 Å². The predicted octanol–water partition coefficient (Wildman–Crippen LogP) is 3.35. The summed E-state index contributed by atoms with van der Waals surface area (Å²) in [5.41, 5.74) is 3.53. The van der Waals surface area contributed by atoms with Gasteiger partial charge in [0.2, 0.25) is 0 Å². The predicted molar refractivity (Wildman–Crippen MR) is 119 cm³/mol. The molecule has 0 aliphatic carbocycles. The summed E-state index contributed by atoms with van der Waals surface area (Å²) in [5, 5.41) is 8.37. The van der Waals surface area contributed by atoms with Crippen LogP contribution in [0.2, 0.25) is 0 Å². The smallest absolute Gasteiger partial charge is 0.275 e. The molecule has 0 bridgehead atoms. The molecule has 0 N–H and O–H groups in total. The average molecular weight is 418 g/mol. The molecule has 1 aliphatic rings. The molecule has 7 nitrogen and oxygen atoms in total. The molecule has 1 unspecified atom stereocenters. The molecule has 2 heterocycles. The van der Waals surface area contributed by atoms with Crippen LogP contribution in [0, 0.1) is 0 Å². The van der Waals surface area contributed by atoms with Gasteiger partial charge in [-0.15, -0.1) is 10.2 Å². The summed E-state index contributed by atoms with van der Waals surface area (Å²) >= 11 is 0. The Bertz CT molecular complexity index is 1070. The first-order chi connectivity index (χ1) is 15.0. The van der Waals surface area contributed by atoms with E-state index in [1.165, 1.54) is 0 Å². The zero-order valence-corrected chi connectivity index (χ0v) is 18.2. The van der Waals surface area contributed by atoms with Crippen molar-refractivity contribution in [2.75, 3.05) is 39.8 Å². The molecular formula is C24H26N4O3. The van der Waals surface area contributed by atoms with Crippen molar-refractivity contribution in [1.82, 2.24) is 15.1 Å². The van der Waals surface area contributed by atoms with E-state index in [0.717, 1.165) is 16.7 Å². The lowest BCUT2D eigenvalue weighted by Gasteiger charge is -2.38. The highest BCUT2D eigenvalue weighted by Crippen LogP contribution is 2.41. The van der Waals surface area contributed by atoms with E-state index >= 15 is 0 Å². The number of hydrogen-bond donors (Lipinski definition) is 0. The third kappa shape index (κ3) is 3.91. The van der Waals surface area contributed by atoms with Crippen molar-refractivity contribution in [2.24, 2.45) is 0 Å². The number of rotatable bonds is 5. The van der Waals surface area contributed by atoms with Crippen LogP contribution in [-0.4, -0.2) is 55.9 Å². The Balaban J connectivity index is 1.78. The maximum absolute atomic E-state index is 13.5. The summed E-state index contributed by atoms with van der Waals surface area (Å²) in [7, 11) is 7.03. The largest absolute Gasteiger partial charge is 0.493 e. The first-order valence-electron chi connectivity index (χ1n) is 10.1. The van der Waals surface area contributed by atoms with Gasteiger partial charge in [0.05, 0.1) is 20.3 Å². The van der Waals surface area contributed by atoms with Crippen LogP contribution in [0.4, 0.5) is 5.82 Å². The number of aromatic nitrogens is 2. The van der Waals surface area contributed by atoms with Crippen LogP contribution in [0.25, 0.3) is 0 Å². The number of amides is 1. The van der Waals surface area contributed by atoms with Gasteiger partial charge in [-0.1, -0.05) is 30.3 Å². The average Bonchev–Trinajstić information content (AvgIpc) is 2.82. The number of fused-ring (bicyclic) bond motifs is 1. The van der Waals surface area contributed by atoms with Crippen LogP contribution in [-0.2, 0) is 6.42 Å². The monoisotopic (exact) mass is 418 g/mol. The minimum Gasteiger partial charge on any atom is -0.493 e. The molecule has 2 aromatic carbocycles. The van der Waals surface area contributed by atoms with Crippen LogP contribution in [0.3, 0.4) is 0 Å². The van der Waals surface area contributed by atoms with Crippen molar-refractivity contribution in [3.05, 3.63) is 77.0 Å². The molecule has 7 heteroatoms. The highest BCUT2D eigenvalue weighted by molar-refractivity contribution is 5.93. The Hall–Kier alpha value is -3.61. The van der Waals surface area contributed by atoms with E-state index in [1.807, 2.05) is 72.4 Å². The first kappa shape index (κ1) is 20.7. The summed E-state index contributed by atoms with van der Waals surface area (Å²) in [6.45, 7) is 0.567. The van der Waals surface area contributed by atoms with E-state index in [4.69, 9.17) is 9.47 Å². The normalized spacial score (nSPS) is 15.2. The van der Waals surface area contributed by atoms with Crippen LogP contribution in [0.5, 0.6) is 11.5 Å².